The summed E-state index contributed by atoms with van der Waals surface area (Å²) in [5.74, 6) is -0.351. The van der Waals surface area contributed by atoms with Crippen molar-refractivity contribution in [2.45, 2.75) is 51.2 Å². The molecule has 2 atom stereocenters. The normalized spacial score (nSPS) is 25.6. The van der Waals surface area contributed by atoms with Crippen molar-refractivity contribution in [1.82, 2.24) is 10.2 Å². The number of ether oxygens (including phenoxy) is 2. The molecule has 1 aliphatic heterocycles. The second-order valence-electron chi connectivity index (χ2n) is 7.02. The molecule has 0 aliphatic carbocycles. The zero-order valence-electron chi connectivity index (χ0n) is 15.9. The molecule has 0 aromatic heterocycles. The average Bonchev–Trinajstić information content (AvgIpc) is 2.61. The molecule has 26 heavy (non-hydrogen) atoms. The molecule has 0 bridgehead atoms. The molecule has 1 fully saturated rings. The Morgan fingerprint density at radius 3 is 2.27 bits per heavy atom. The monoisotopic (exact) mass is 362 g/mol. The third-order valence-corrected chi connectivity index (χ3v) is 5.00. The molecule has 1 aliphatic rings. The number of carbonyl (C=O) groups excluding carboxylic acids is 3. The van der Waals surface area contributed by atoms with Gasteiger partial charge in [0.15, 0.2) is 0 Å². The highest BCUT2D eigenvalue weighted by molar-refractivity contribution is 5.96. The molecule has 0 radical (unpaired) electrons. The van der Waals surface area contributed by atoms with Crippen molar-refractivity contribution in [1.29, 1.82) is 0 Å². The summed E-state index contributed by atoms with van der Waals surface area (Å²) in [5, 5.41) is 2.73. The van der Waals surface area contributed by atoms with E-state index in [0.29, 0.717) is 18.6 Å². The Kier molecular flexibility index (Phi) is 5.59. The summed E-state index contributed by atoms with van der Waals surface area (Å²) in [6.07, 6.45) is 0.745. The number of amides is 2. The van der Waals surface area contributed by atoms with Crippen LogP contribution < -0.4 is 10.1 Å². The minimum atomic E-state index is -1.09. The fourth-order valence-corrected chi connectivity index (χ4v) is 3.35. The third-order valence-electron chi connectivity index (χ3n) is 5.00. The van der Waals surface area contributed by atoms with E-state index in [0.717, 1.165) is 5.56 Å². The summed E-state index contributed by atoms with van der Waals surface area (Å²) in [7, 11) is 2.89. The smallest absolute Gasteiger partial charge is 0.331 e. The second kappa shape index (κ2) is 7.35. The molecule has 0 unspecified atom stereocenters. The largest absolute Gasteiger partial charge is 0.497 e. The standard InChI is InChI=1S/C19H26N2O5/c1-13(22)20-18(2)10-11-19(3,17(24)26-5)21(16(18)23)12-14-6-8-15(25-4)9-7-14/h6-9H,10-12H2,1-5H3,(H,20,22)/t18-,19-/m1/s1. The molecule has 2 rings (SSSR count). The lowest BCUT2D eigenvalue weighted by Crippen LogP contribution is -2.68. The lowest BCUT2D eigenvalue weighted by molar-refractivity contribution is -0.170. The first-order valence-corrected chi connectivity index (χ1v) is 8.48. The molecular formula is C19H26N2O5. The topological polar surface area (TPSA) is 84.9 Å². The van der Waals surface area contributed by atoms with E-state index in [1.165, 1.54) is 18.9 Å². The minimum absolute atomic E-state index is 0.226. The summed E-state index contributed by atoms with van der Waals surface area (Å²) in [4.78, 5) is 38.7. The maximum Gasteiger partial charge on any atom is 0.331 e. The van der Waals surface area contributed by atoms with Crippen LogP contribution in [-0.2, 0) is 25.7 Å². The first kappa shape index (κ1) is 19.8. The van der Waals surface area contributed by atoms with Crippen LogP contribution in [0.1, 0.15) is 39.2 Å². The number of carbonyl (C=O) groups is 3. The number of methoxy groups -OCH3 is 2. The Morgan fingerprint density at radius 1 is 1.15 bits per heavy atom. The van der Waals surface area contributed by atoms with Gasteiger partial charge in [0.1, 0.15) is 16.8 Å². The number of piperidine rings is 1. The number of benzene rings is 1. The van der Waals surface area contributed by atoms with Gasteiger partial charge in [-0.2, -0.15) is 0 Å². The van der Waals surface area contributed by atoms with Gasteiger partial charge >= 0.3 is 5.97 Å². The van der Waals surface area contributed by atoms with Crippen LogP contribution in [0.2, 0.25) is 0 Å². The Labute approximate surface area is 153 Å². The number of rotatable bonds is 5. The van der Waals surface area contributed by atoms with Gasteiger partial charge in [-0.1, -0.05) is 12.1 Å². The highest BCUT2D eigenvalue weighted by Crippen LogP contribution is 2.36. The molecule has 7 nitrogen and oxygen atoms in total. The summed E-state index contributed by atoms with van der Waals surface area (Å²) in [5.41, 5.74) is -1.29. The van der Waals surface area contributed by atoms with Gasteiger partial charge in [-0.25, -0.2) is 4.79 Å². The van der Waals surface area contributed by atoms with Gasteiger partial charge < -0.3 is 19.7 Å². The summed E-state index contributed by atoms with van der Waals surface area (Å²) in [6, 6.07) is 7.28. The Balaban J connectivity index is 2.38. The van der Waals surface area contributed by atoms with Crippen molar-refractivity contribution in [2.75, 3.05) is 14.2 Å². The van der Waals surface area contributed by atoms with Gasteiger partial charge in [-0.15, -0.1) is 0 Å². The van der Waals surface area contributed by atoms with E-state index in [4.69, 9.17) is 9.47 Å². The number of hydrogen-bond acceptors (Lipinski definition) is 5. The fourth-order valence-electron chi connectivity index (χ4n) is 3.35. The first-order chi connectivity index (χ1) is 12.2. The zero-order valence-corrected chi connectivity index (χ0v) is 15.9. The van der Waals surface area contributed by atoms with E-state index in [9.17, 15) is 14.4 Å². The van der Waals surface area contributed by atoms with E-state index in [1.54, 1.807) is 33.1 Å². The van der Waals surface area contributed by atoms with Gasteiger partial charge in [-0.3, -0.25) is 9.59 Å². The number of esters is 1. The van der Waals surface area contributed by atoms with Gasteiger partial charge in [0, 0.05) is 13.5 Å². The van der Waals surface area contributed by atoms with Crippen LogP contribution >= 0.6 is 0 Å². The molecule has 142 valence electrons. The van der Waals surface area contributed by atoms with Crippen LogP contribution in [-0.4, -0.2) is 48.0 Å². The number of likely N-dealkylation sites (tertiary alicyclic amines) is 1. The predicted molar refractivity (Wildman–Crippen MR) is 95.4 cm³/mol. The fraction of sp³-hybridized carbons (Fsp3) is 0.526. The van der Waals surface area contributed by atoms with Gasteiger partial charge in [0.2, 0.25) is 11.8 Å². The predicted octanol–water partition coefficient (Wildman–Crippen LogP) is 1.64. The van der Waals surface area contributed by atoms with E-state index >= 15 is 0 Å². The van der Waals surface area contributed by atoms with Gasteiger partial charge in [-0.05, 0) is 44.4 Å². The number of hydrogen-bond donors (Lipinski definition) is 1. The molecule has 1 aromatic rings. The van der Waals surface area contributed by atoms with Crippen molar-refractivity contribution in [2.24, 2.45) is 0 Å². The molecule has 7 heteroatoms. The maximum absolute atomic E-state index is 13.2. The Bertz CT molecular complexity index is 702. The highest BCUT2D eigenvalue weighted by Gasteiger charge is 2.53. The van der Waals surface area contributed by atoms with Gasteiger partial charge in [0.25, 0.3) is 0 Å². The van der Waals surface area contributed by atoms with Crippen LogP contribution in [0, 0.1) is 0 Å². The van der Waals surface area contributed by atoms with Crippen molar-refractivity contribution < 1.29 is 23.9 Å². The number of nitrogens with zero attached hydrogens (tertiary/aromatic N) is 1. The zero-order chi connectivity index (χ0) is 19.5. The highest BCUT2D eigenvalue weighted by atomic mass is 16.5. The Hall–Kier alpha value is -2.57. The van der Waals surface area contributed by atoms with E-state index in [-0.39, 0.29) is 18.4 Å². The summed E-state index contributed by atoms with van der Waals surface area (Å²) in [6.45, 7) is 4.99. The molecule has 1 N–H and O–H groups in total. The van der Waals surface area contributed by atoms with Crippen LogP contribution in [0.5, 0.6) is 5.75 Å². The lowest BCUT2D eigenvalue weighted by Gasteiger charge is -2.49. The Morgan fingerprint density at radius 2 is 1.77 bits per heavy atom. The van der Waals surface area contributed by atoms with Crippen LogP contribution in [0.4, 0.5) is 0 Å². The van der Waals surface area contributed by atoms with Crippen molar-refractivity contribution in [3.8, 4) is 5.75 Å². The first-order valence-electron chi connectivity index (χ1n) is 8.48. The van der Waals surface area contributed by atoms with Crippen LogP contribution in [0.25, 0.3) is 0 Å². The van der Waals surface area contributed by atoms with E-state index in [2.05, 4.69) is 5.32 Å². The molecule has 0 saturated carbocycles. The average molecular weight is 362 g/mol. The SMILES string of the molecule is COC(=O)[C@@]1(C)CC[C@@](C)(NC(C)=O)C(=O)N1Cc1ccc(OC)cc1. The summed E-state index contributed by atoms with van der Waals surface area (Å²) < 4.78 is 10.1. The molecule has 1 aromatic carbocycles. The minimum Gasteiger partial charge on any atom is -0.497 e. The summed E-state index contributed by atoms with van der Waals surface area (Å²) >= 11 is 0. The number of nitrogens with one attached hydrogen (secondary N) is 1. The van der Waals surface area contributed by atoms with Crippen molar-refractivity contribution in [3.05, 3.63) is 29.8 Å². The molecule has 1 saturated heterocycles. The van der Waals surface area contributed by atoms with Gasteiger partial charge in [0.05, 0.1) is 14.2 Å². The maximum atomic E-state index is 13.2. The quantitative estimate of drug-likeness (QED) is 0.805. The van der Waals surface area contributed by atoms with E-state index < -0.39 is 17.0 Å². The van der Waals surface area contributed by atoms with Crippen LogP contribution in [0.3, 0.4) is 0 Å². The van der Waals surface area contributed by atoms with Crippen molar-refractivity contribution in [3.63, 3.8) is 0 Å². The lowest BCUT2D eigenvalue weighted by atomic mass is 9.78. The molecule has 0 spiro atoms. The van der Waals surface area contributed by atoms with E-state index in [1.807, 2.05) is 12.1 Å². The third kappa shape index (κ3) is 3.66. The molecule has 2 amide bonds. The van der Waals surface area contributed by atoms with Crippen molar-refractivity contribution >= 4 is 17.8 Å². The molecule has 1 heterocycles. The molecular weight excluding hydrogens is 336 g/mol. The van der Waals surface area contributed by atoms with Crippen LogP contribution in [0.15, 0.2) is 24.3 Å². The second-order valence-corrected chi connectivity index (χ2v) is 7.02.